The van der Waals surface area contributed by atoms with Crippen LogP contribution in [0.3, 0.4) is 0 Å². The molecule has 1 aliphatic rings. The summed E-state index contributed by atoms with van der Waals surface area (Å²) in [6.07, 6.45) is 6.89. The average molecular weight is 394 g/mol. The topological polar surface area (TPSA) is 55.6 Å². The number of thiophene rings is 1. The highest BCUT2D eigenvalue weighted by molar-refractivity contribution is 7.16. The quantitative estimate of drug-likeness (QED) is 0.601. The summed E-state index contributed by atoms with van der Waals surface area (Å²) in [6.45, 7) is 2.57. The highest BCUT2D eigenvalue weighted by Crippen LogP contribution is 2.41. The summed E-state index contributed by atoms with van der Waals surface area (Å²) in [4.78, 5) is 19.0. The number of benzene rings is 1. The molecule has 0 bridgehead atoms. The molecule has 1 N–H and O–H groups in total. The first-order valence-corrected chi connectivity index (χ1v) is 10.3. The van der Waals surface area contributed by atoms with Crippen LogP contribution in [-0.2, 0) is 19.9 Å². The second-order valence-electron chi connectivity index (χ2n) is 6.75. The van der Waals surface area contributed by atoms with Crippen LogP contribution in [0.15, 0.2) is 47.6 Å². The van der Waals surface area contributed by atoms with E-state index in [0.29, 0.717) is 6.61 Å². The summed E-state index contributed by atoms with van der Waals surface area (Å²) >= 11 is 1.64. The van der Waals surface area contributed by atoms with E-state index in [1.165, 1.54) is 4.88 Å². The van der Waals surface area contributed by atoms with Crippen molar-refractivity contribution in [2.24, 2.45) is 12.0 Å². The van der Waals surface area contributed by atoms with E-state index in [1.807, 2.05) is 67.3 Å². The fourth-order valence-electron chi connectivity index (χ4n) is 3.44. The predicted octanol–water partition coefficient (Wildman–Crippen LogP) is 4.98. The second kappa shape index (κ2) is 8.02. The van der Waals surface area contributed by atoms with E-state index in [4.69, 9.17) is 4.74 Å². The highest BCUT2D eigenvalue weighted by atomic mass is 32.1. The SMILES string of the molecule is CCOc1ccc(NC(=O)c2c(/N=C/c3cccn3C)sc3c2CCC3)cc1. The molecular weight excluding hydrogens is 370 g/mol. The van der Waals surface area contributed by atoms with Gasteiger partial charge >= 0.3 is 0 Å². The number of ether oxygens (including phenoxy) is 1. The number of carbonyl (C=O) groups excluding carboxylic acids is 1. The Morgan fingerprint density at radius 2 is 2.11 bits per heavy atom. The summed E-state index contributed by atoms with van der Waals surface area (Å²) in [6, 6.07) is 11.4. The zero-order valence-electron chi connectivity index (χ0n) is 16.1. The van der Waals surface area contributed by atoms with Gasteiger partial charge in [-0.2, -0.15) is 0 Å². The van der Waals surface area contributed by atoms with Crippen molar-refractivity contribution >= 4 is 34.1 Å². The number of fused-ring (bicyclic) bond motifs is 1. The van der Waals surface area contributed by atoms with Crippen LogP contribution in [0, 0.1) is 0 Å². The summed E-state index contributed by atoms with van der Waals surface area (Å²) in [7, 11) is 1.98. The monoisotopic (exact) mass is 393 g/mol. The third kappa shape index (κ3) is 3.73. The molecule has 6 heteroatoms. The molecule has 5 nitrogen and oxygen atoms in total. The van der Waals surface area contributed by atoms with Gasteiger partial charge in [0.1, 0.15) is 10.8 Å². The smallest absolute Gasteiger partial charge is 0.259 e. The molecule has 0 radical (unpaired) electrons. The number of aryl methyl sites for hydroxylation is 2. The van der Waals surface area contributed by atoms with Gasteiger partial charge in [-0.1, -0.05) is 0 Å². The molecule has 0 fully saturated rings. The number of anilines is 1. The Morgan fingerprint density at radius 3 is 2.82 bits per heavy atom. The van der Waals surface area contributed by atoms with Crippen LogP contribution in [0.5, 0.6) is 5.75 Å². The lowest BCUT2D eigenvalue weighted by atomic mass is 10.1. The standard InChI is InChI=1S/C22H23N3O2S/c1-3-27-17-11-9-15(10-12-17)24-21(26)20-18-7-4-8-19(18)28-22(20)23-14-16-6-5-13-25(16)2/h5-6,9-14H,3-4,7-8H2,1-2H3,(H,24,26)/b23-14+. The number of nitrogens with zero attached hydrogens (tertiary/aromatic N) is 2. The molecule has 0 saturated carbocycles. The Hall–Kier alpha value is -2.86. The van der Waals surface area contributed by atoms with Crippen molar-refractivity contribution in [2.75, 3.05) is 11.9 Å². The summed E-state index contributed by atoms with van der Waals surface area (Å²) in [5.74, 6) is 0.701. The maximum Gasteiger partial charge on any atom is 0.259 e. The van der Waals surface area contributed by atoms with E-state index in [2.05, 4.69) is 10.3 Å². The van der Waals surface area contributed by atoms with Crippen molar-refractivity contribution in [2.45, 2.75) is 26.2 Å². The largest absolute Gasteiger partial charge is 0.494 e. The van der Waals surface area contributed by atoms with Crippen LogP contribution in [0.4, 0.5) is 10.7 Å². The van der Waals surface area contributed by atoms with Crippen LogP contribution in [0.25, 0.3) is 0 Å². The molecule has 0 unspecified atom stereocenters. The van der Waals surface area contributed by atoms with Gasteiger partial charge in [-0.3, -0.25) is 4.79 Å². The van der Waals surface area contributed by atoms with Gasteiger partial charge in [-0.05, 0) is 68.1 Å². The van der Waals surface area contributed by atoms with Crippen molar-refractivity contribution in [3.05, 3.63) is 64.3 Å². The number of aromatic nitrogens is 1. The maximum atomic E-state index is 13.1. The van der Waals surface area contributed by atoms with Gasteiger partial charge < -0.3 is 14.6 Å². The number of hydrogen-bond acceptors (Lipinski definition) is 4. The van der Waals surface area contributed by atoms with Gasteiger partial charge in [0.2, 0.25) is 0 Å². The molecule has 144 valence electrons. The van der Waals surface area contributed by atoms with Gasteiger partial charge in [-0.15, -0.1) is 11.3 Å². The summed E-state index contributed by atoms with van der Waals surface area (Å²) in [5, 5.41) is 3.81. The molecule has 0 aliphatic heterocycles. The van der Waals surface area contributed by atoms with Crippen molar-refractivity contribution in [3.63, 3.8) is 0 Å². The summed E-state index contributed by atoms with van der Waals surface area (Å²) < 4.78 is 7.47. The normalized spacial score (nSPS) is 13.1. The predicted molar refractivity (Wildman–Crippen MR) is 115 cm³/mol. The molecule has 28 heavy (non-hydrogen) atoms. The molecule has 3 aromatic rings. The van der Waals surface area contributed by atoms with Crippen molar-refractivity contribution in [1.82, 2.24) is 4.57 Å². The molecule has 0 saturated heterocycles. The van der Waals surface area contributed by atoms with E-state index in [1.54, 1.807) is 11.3 Å². The number of carbonyl (C=O) groups is 1. The zero-order chi connectivity index (χ0) is 19.5. The van der Waals surface area contributed by atoms with Gasteiger partial charge in [0, 0.05) is 23.8 Å². The Bertz CT molecular complexity index is 1020. The molecule has 0 atom stereocenters. The fraction of sp³-hybridized carbons (Fsp3) is 0.273. The van der Waals surface area contributed by atoms with Gasteiger partial charge in [0.15, 0.2) is 0 Å². The minimum absolute atomic E-state index is 0.0948. The van der Waals surface area contributed by atoms with E-state index >= 15 is 0 Å². The second-order valence-corrected chi connectivity index (χ2v) is 7.83. The molecule has 1 amide bonds. The lowest BCUT2D eigenvalue weighted by Crippen LogP contribution is -2.13. The number of hydrogen-bond donors (Lipinski definition) is 1. The minimum atomic E-state index is -0.0948. The van der Waals surface area contributed by atoms with Gasteiger partial charge in [0.25, 0.3) is 5.91 Å². The van der Waals surface area contributed by atoms with Gasteiger partial charge in [0.05, 0.1) is 24.1 Å². The minimum Gasteiger partial charge on any atom is -0.494 e. The van der Waals surface area contributed by atoms with E-state index < -0.39 is 0 Å². The number of rotatable bonds is 6. The number of nitrogens with one attached hydrogen (secondary N) is 1. The van der Waals surface area contributed by atoms with Gasteiger partial charge in [-0.25, -0.2) is 4.99 Å². The number of amides is 1. The van der Waals surface area contributed by atoms with Crippen molar-refractivity contribution in [1.29, 1.82) is 0 Å². The van der Waals surface area contributed by atoms with Crippen LogP contribution < -0.4 is 10.1 Å². The zero-order valence-corrected chi connectivity index (χ0v) is 16.9. The van der Waals surface area contributed by atoms with Crippen LogP contribution in [0.1, 0.15) is 39.8 Å². The summed E-state index contributed by atoms with van der Waals surface area (Å²) in [5.41, 5.74) is 3.64. The first kappa shape index (κ1) is 18.5. The van der Waals surface area contributed by atoms with E-state index in [0.717, 1.165) is 52.5 Å². The molecular formula is C22H23N3O2S. The molecule has 1 aliphatic carbocycles. The Labute approximate surface area is 168 Å². The van der Waals surface area contributed by atoms with Crippen LogP contribution >= 0.6 is 11.3 Å². The fourth-order valence-corrected chi connectivity index (χ4v) is 4.67. The van der Waals surface area contributed by atoms with E-state index in [9.17, 15) is 4.79 Å². The molecule has 1 aromatic carbocycles. The van der Waals surface area contributed by atoms with E-state index in [-0.39, 0.29) is 5.91 Å². The lowest BCUT2D eigenvalue weighted by molar-refractivity contribution is 0.102. The Morgan fingerprint density at radius 1 is 1.29 bits per heavy atom. The Kier molecular flexibility index (Phi) is 5.30. The average Bonchev–Trinajstić information content (AvgIpc) is 3.37. The first-order chi connectivity index (χ1) is 13.7. The highest BCUT2D eigenvalue weighted by Gasteiger charge is 2.26. The first-order valence-electron chi connectivity index (χ1n) is 9.50. The van der Waals surface area contributed by atoms with Crippen molar-refractivity contribution < 1.29 is 9.53 Å². The molecule has 4 rings (SSSR count). The molecule has 2 heterocycles. The molecule has 2 aromatic heterocycles. The maximum absolute atomic E-state index is 13.1. The lowest BCUT2D eigenvalue weighted by Gasteiger charge is -2.08. The molecule has 0 spiro atoms. The third-order valence-corrected chi connectivity index (χ3v) is 6.05. The number of aliphatic imine (C=N–C) groups is 1. The van der Waals surface area contributed by atoms with Crippen LogP contribution in [-0.4, -0.2) is 23.3 Å². The third-order valence-electron chi connectivity index (χ3n) is 4.85. The Balaban J connectivity index is 1.60. The van der Waals surface area contributed by atoms with Crippen LogP contribution in [0.2, 0.25) is 0 Å². The van der Waals surface area contributed by atoms with Crippen molar-refractivity contribution in [3.8, 4) is 5.75 Å².